The largest absolute Gasteiger partial charge is 0.481 e. The predicted octanol–water partition coefficient (Wildman–Crippen LogP) is 3.03. The molecule has 146 valence electrons. The van der Waals surface area contributed by atoms with Gasteiger partial charge in [-0.05, 0) is 62.1 Å². The third-order valence-electron chi connectivity index (χ3n) is 4.31. The lowest BCUT2D eigenvalue weighted by Gasteiger charge is -2.17. The van der Waals surface area contributed by atoms with Crippen LogP contribution in [0.3, 0.4) is 0 Å². The highest BCUT2D eigenvalue weighted by Crippen LogP contribution is 2.21. The third-order valence-corrected chi connectivity index (χ3v) is 5.57. The zero-order valence-corrected chi connectivity index (χ0v) is 16.9. The number of amides is 1. The van der Waals surface area contributed by atoms with E-state index >= 15 is 0 Å². The molecule has 0 heterocycles. The normalized spacial score (nSPS) is 12.4. The first-order chi connectivity index (χ1) is 12.7. The number of carbonyl (C=O) groups excluding carboxylic acids is 1. The molecule has 0 bridgehead atoms. The molecule has 0 saturated heterocycles. The number of carbonyl (C=O) groups is 1. The van der Waals surface area contributed by atoms with Crippen molar-refractivity contribution in [3.8, 4) is 5.75 Å². The standard InChI is InChI=1S/C20H26N2O4S/c1-5-7-17-10-12-18(13-11-17)27(24,25)22-21-20(23)16(4)26-19-9-6-8-14(2)15(19)3/h6,8-13,16,22H,5,7H2,1-4H3,(H,21,23)/t16-/m1/s1. The van der Waals surface area contributed by atoms with Gasteiger partial charge >= 0.3 is 0 Å². The summed E-state index contributed by atoms with van der Waals surface area (Å²) in [5.74, 6) is 0.00843. The summed E-state index contributed by atoms with van der Waals surface area (Å²) in [5, 5.41) is 0. The van der Waals surface area contributed by atoms with E-state index in [1.807, 2.05) is 26.0 Å². The van der Waals surface area contributed by atoms with Crippen molar-refractivity contribution in [2.24, 2.45) is 0 Å². The zero-order chi connectivity index (χ0) is 20.0. The van der Waals surface area contributed by atoms with Gasteiger partial charge in [0.1, 0.15) is 5.75 Å². The Hall–Kier alpha value is -2.38. The van der Waals surface area contributed by atoms with Crippen LogP contribution in [0.2, 0.25) is 0 Å². The van der Waals surface area contributed by atoms with Crippen LogP contribution >= 0.6 is 0 Å². The van der Waals surface area contributed by atoms with Gasteiger partial charge in [0.05, 0.1) is 4.90 Å². The molecule has 27 heavy (non-hydrogen) atoms. The summed E-state index contributed by atoms with van der Waals surface area (Å²) in [6.45, 7) is 7.47. The topological polar surface area (TPSA) is 84.5 Å². The van der Waals surface area contributed by atoms with Crippen molar-refractivity contribution in [3.05, 3.63) is 59.2 Å². The van der Waals surface area contributed by atoms with E-state index < -0.39 is 22.0 Å². The molecule has 0 unspecified atom stereocenters. The van der Waals surface area contributed by atoms with E-state index in [1.54, 1.807) is 25.1 Å². The molecule has 1 amide bonds. The molecule has 2 aromatic rings. The summed E-state index contributed by atoms with van der Waals surface area (Å²) in [6, 6.07) is 12.2. The maximum Gasteiger partial charge on any atom is 0.275 e. The summed E-state index contributed by atoms with van der Waals surface area (Å²) in [4.78, 5) is 14.4. The lowest BCUT2D eigenvalue weighted by atomic mass is 10.1. The Morgan fingerprint density at radius 3 is 2.41 bits per heavy atom. The number of rotatable bonds is 8. The van der Waals surface area contributed by atoms with E-state index in [1.165, 1.54) is 12.1 Å². The Balaban J connectivity index is 1.97. The summed E-state index contributed by atoms with van der Waals surface area (Å²) < 4.78 is 30.3. The van der Waals surface area contributed by atoms with Crippen LogP contribution in [0.25, 0.3) is 0 Å². The van der Waals surface area contributed by atoms with E-state index in [2.05, 4.69) is 17.2 Å². The van der Waals surface area contributed by atoms with Crippen LogP contribution < -0.4 is 15.0 Å². The van der Waals surface area contributed by atoms with E-state index in [4.69, 9.17) is 4.74 Å². The molecule has 2 rings (SSSR count). The van der Waals surface area contributed by atoms with E-state index in [9.17, 15) is 13.2 Å². The van der Waals surface area contributed by atoms with Crippen molar-refractivity contribution in [1.29, 1.82) is 0 Å². The Morgan fingerprint density at radius 2 is 1.78 bits per heavy atom. The van der Waals surface area contributed by atoms with Gasteiger partial charge < -0.3 is 4.74 Å². The molecule has 0 aliphatic heterocycles. The average Bonchev–Trinajstić information content (AvgIpc) is 2.64. The quantitative estimate of drug-likeness (QED) is 0.679. The van der Waals surface area contributed by atoms with E-state index in [-0.39, 0.29) is 4.90 Å². The molecular formula is C20H26N2O4S. The van der Waals surface area contributed by atoms with Gasteiger partial charge in [-0.2, -0.15) is 0 Å². The molecule has 2 N–H and O–H groups in total. The highest BCUT2D eigenvalue weighted by Gasteiger charge is 2.20. The second kappa shape index (κ2) is 9.01. The molecule has 6 nitrogen and oxygen atoms in total. The van der Waals surface area contributed by atoms with Crippen LogP contribution in [-0.4, -0.2) is 20.4 Å². The molecular weight excluding hydrogens is 364 g/mol. The van der Waals surface area contributed by atoms with Gasteiger partial charge in [0.2, 0.25) is 0 Å². The van der Waals surface area contributed by atoms with Crippen LogP contribution in [-0.2, 0) is 21.2 Å². The Kier molecular flexibility index (Phi) is 6.98. The van der Waals surface area contributed by atoms with E-state index in [0.717, 1.165) is 29.5 Å². The number of nitrogens with one attached hydrogen (secondary N) is 2. The monoisotopic (exact) mass is 390 g/mol. The van der Waals surface area contributed by atoms with Crippen LogP contribution in [0.1, 0.15) is 37.0 Å². The fraction of sp³-hybridized carbons (Fsp3) is 0.350. The zero-order valence-electron chi connectivity index (χ0n) is 16.1. The van der Waals surface area contributed by atoms with Crippen LogP contribution in [0.5, 0.6) is 5.75 Å². The Bertz CT molecular complexity index is 893. The van der Waals surface area contributed by atoms with Gasteiger partial charge in [-0.1, -0.05) is 37.6 Å². The summed E-state index contributed by atoms with van der Waals surface area (Å²) in [7, 11) is -3.85. The second-order valence-electron chi connectivity index (χ2n) is 6.45. The summed E-state index contributed by atoms with van der Waals surface area (Å²) in [5.41, 5.74) is 5.26. The van der Waals surface area contributed by atoms with E-state index in [0.29, 0.717) is 5.75 Å². The van der Waals surface area contributed by atoms with Gasteiger partial charge in [0, 0.05) is 0 Å². The van der Waals surface area contributed by atoms with Crippen LogP contribution in [0.4, 0.5) is 0 Å². The Labute approximate surface area is 161 Å². The SMILES string of the molecule is CCCc1ccc(S(=O)(=O)NNC(=O)[C@@H](C)Oc2cccc(C)c2C)cc1. The van der Waals surface area contributed by atoms with Crippen molar-refractivity contribution < 1.29 is 17.9 Å². The first-order valence-corrected chi connectivity index (χ1v) is 10.4. The average molecular weight is 391 g/mol. The molecule has 0 saturated carbocycles. The number of hydrogen-bond acceptors (Lipinski definition) is 4. The van der Waals surface area contributed by atoms with Gasteiger partial charge in [-0.3, -0.25) is 10.2 Å². The van der Waals surface area contributed by atoms with Crippen LogP contribution in [0.15, 0.2) is 47.4 Å². The maximum absolute atomic E-state index is 12.3. The number of sulfonamides is 1. The number of hydrogen-bond donors (Lipinski definition) is 2. The van der Waals surface area contributed by atoms with Gasteiger partial charge in [-0.25, -0.2) is 8.42 Å². The second-order valence-corrected chi connectivity index (χ2v) is 8.13. The van der Waals surface area contributed by atoms with Crippen LogP contribution in [0, 0.1) is 13.8 Å². The molecule has 7 heteroatoms. The molecule has 2 aromatic carbocycles. The Morgan fingerprint density at radius 1 is 1.11 bits per heavy atom. The smallest absolute Gasteiger partial charge is 0.275 e. The number of benzene rings is 2. The molecule has 0 aromatic heterocycles. The first-order valence-electron chi connectivity index (χ1n) is 8.88. The van der Waals surface area contributed by atoms with Crippen molar-refractivity contribution in [2.45, 2.75) is 51.5 Å². The highest BCUT2D eigenvalue weighted by atomic mass is 32.2. The third kappa shape index (κ3) is 5.55. The number of aryl methyl sites for hydroxylation is 2. The van der Waals surface area contributed by atoms with Gasteiger partial charge in [0.15, 0.2) is 6.10 Å². The minimum Gasteiger partial charge on any atom is -0.481 e. The maximum atomic E-state index is 12.3. The molecule has 0 radical (unpaired) electrons. The van der Waals surface area contributed by atoms with Crippen molar-refractivity contribution >= 4 is 15.9 Å². The number of hydrazine groups is 1. The van der Waals surface area contributed by atoms with Crippen molar-refractivity contribution in [3.63, 3.8) is 0 Å². The van der Waals surface area contributed by atoms with Gasteiger partial charge in [0.25, 0.3) is 15.9 Å². The number of ether oxygens (including phenoxy) is 1. The van der Waals surface area contributed by atoms with Crippen molar-refractivity contribution in [1.82, 2.24) is 10.3 Å². The van der Waals surface area contributed by atoms with Gasteiger partial charge in [-0.15, -0.1) is 4.83 Å². The molecule has 0 fully saturated rings. The molecule has 0 spiro atoms. The fourth-order valence-corrected chi connectivity index (χ4v) is 3.34. The summed E-state index contributed by atoms with van der Waals surface area (Å²) >= 11 is 0. The molecule has 1 atom stereocenters. The van der Waals surface area contributed by atoms with Crippen molar-refractivity contribution in [2.75, 3.05) is 0 Å². The first kappa shape index (κ1) is 20.9. The minimum absolute atomic E-state index is 0.0887. The lowest BCUT2D eigenvalue weighted by Crippen LogP contribution is -2.47. The lowest BCUT2D eigenvalue weighted by molar-refractivity contribution is -0.127. The minimum atomic E-state index is -3.85. The molecule has 0 aliphatic carbocycles. The summed E-state index contributed by atoms with van der Waals surface area (Å²) in [6.07, 6.45) is 1.01. The highest BCUT2D eigenvalue weighted by molar-refractivity contribution is 7.89. The predicted molar refractivity (Wildman–Crippen MR) is 105 cm³/mol. The molecule has 0 aliphatic rings. The fourth-order valence-electron chi connectivity index (χ4n) is 2.50.